The predicted molar refractivity (Wildman–Crippen MR) is 112 cm³/mol. The number of benzene rings is 1. The minimum absolute atomic E-state index is 0.0858. The van der Waals surface area contributed by atoms with E-state index in [9.17, 15) is 8.42 Å². The number of aromatic nitrogens is 3. The Morgan fingerprint density at radius 1 is 1.14 bits per heavy atom. The maximum Gasteiger partial charge on any atom is 0.246 e. The minimum atomic E-state index is -3.81. The van der Waals surface area contributed by atoms with Crippen molar-refractivity contribution in [3.63, 3.8) is 0 Å². The smallest absolute Gasteiger partial charge is 0.246 e. The van der Waals surface area contributed by atoms with Crippen molar-refractivity contribution < 1.29 is 8.42 Å². The molecular weight excluding hydrogens is 421 g/mol. The molecule has 3 rings (SSSR count). The second-order valence-corrected chi connectivity index (χ2v) is 9.74. The van der Waals surface area contributed by atoms with E-state index in [1.54, 1.807) is 45.0 Å². The van der Waals surface area contributed by atoms with Gasteiger partial charge in [-0.2, -0.15) is 9.61 Å². The zero-order valence-electron chi connectivity index (χ0n) is 15.9. The fourth-order valence-electron chi connectivity index (χ4n) is 2.75. The zero-order valence-corrected chi connectivity index (χ0v) is 18.2. The number of rotatable bonds is 5. The highest BCUT2D eigenvalue weighted by Gasteiger charge is 2.30. The summed E-state index contributed by atoms with van der Waals surface area (Å²) in [7, 11) is -3.81. The Kier molecular flexibility index (Phi) is 5.60. The van der Waals surface area contributed by atoms with Crippen molar-refractivity contribution in [3.05, 3.63) is 46.2 Å². The van der Waals surface area contributed by atoms with Gasteiger partial charge in [0.1, 0.15) is 10.7 Å². The van der Waals surface area contributed by atoms with Crippen LogP contribution in [0.4, 0.5) is 11.5 Å². The van der Waals surface area contributed by atoms with E-state index in [-0.39, 0.29) is 10.5 Å². The van der Waals surface area contributed by atoms with Crippen LogP contribution < -0.4 is 10.0 Å². The standard InChI is InChI=1S/C18H21Cl2N5O2S/c1-5-14-16(28(26,27)24-18(2,3)4)17-21-9-8-15(25(17)23-14)22-11-6-7-12(19)13(20)10-11/h6-10,22,24H,5H2,1-4H3. The molecule has 2 aromatic heterocycles. The van der Waals surface area contributed by atoms with Crippen LogP contribution in [-0.2, 0) is 16.4 Å². The quantitative estimate of drug-likeness (QED) is 0.611. The highest BCUT2D eigenvalue weighted by molar-refractivity contribution is 7.89. The van der Waals surface area contributed by atoms with Gasteiger partial charge in [-0.15, -0.1) is 0 Å². The van der Waals surface area contributed by atoms with Gasteiger partial charge in [-0.05, 0) is 51.5 Å². The van der Waals surface area contributed by atoms with Crippen molar-refractivity contribution in [2.24, 2.45) is 0 Å². The summed E-state index contributed by atoms with van der Waals surface area (Å²) in [5.41, 5.74) is 0.743. The fraction of sp³-hybridized carbons (Fsp3) is 0.333. The maximum absolute atomic E-state index is 13.0. The molecule has 150 valence electrons. The van der Waals surface area contributed by atoms with Crippen LogP contribution in [0.3, 0.4) is 0 Å². The Bertz CT molecular complexity index is 1140. The van der Waals surface area contributed by atoms with Gasteiger partial charge in [0.05, 0.1) is 15.7 Å². The van der Waals surface area contributed by atoms with E-state index in [0.717, 1.165) is 0 Å². The largest absolute Gasteiger partial charge is 0.340 e. The topological polar surface area (TPSA) is 88.4 Å². The minimum Gasteiger partial charge on any atom is -0.340 e. The molecule has 10 heteroatoms. The number of hydrogen-bond acceptors (Lipinski definition) is 5. The molecule has 0 saturated heterocycles. The third kappa shape index (κ3) is 4.25. The first-order chi connectivity index (χ1) is 13.0. The first-order valence-electron chi connectivity index (χ1n) is 8.64. The number of fused-ring (bicyclic) bond motifs is 1. The molecule has 0 bridgehead atoms. The van der Waals surface area contributed by atoms with Crippen molar-refractivity contribution in [2.75, 3.05) is 5.32 Å². The number of hydrogen-bond donors (Lipinski definition) is 2. The Morgan fingerprint density at radius 2 is 1.86 bits per heavy atom. The molecule has 7 nitrogen and oxygen atoms in total. The summed E-state index contributed by atoms with van der Waals surface area (Å²) in [5, 5.41) is 8.51. The maximum atomic E-state index is 13.0. The van der Waals surface area contributed by atoms with Crippen molar-refractivity contribution in [2.45, 2.75) is 44.6 Å². The Labute approximate surface area is 174 Å². The number of nitrogens with zero attached hydrogens (tertiary/aromatic N) is 3. The molecule has 0 saturated carbocycles. The molecule has 0 aliphatic heterocycles. The number of sulfonamides is 1. The SMILES string of the molecule is CCc1nn2c(Nc3ccc(Cl)c(Cl)c3)ccnc2c1S(=O)(=O)NC(C)(C)C. The molecule has 1 aromatic carbocycles. The molecule has 0 unspecified atom stereocenters. The number of nitrogens with one attached hydrogen (secondary N) is 2. The average Bonchev–Trinajstić information content (AvgIpc) is 2.97. The lowest BCUT2D eigenvalue weighted by atomic mass is 10.1. The van der Waals surface area contributed by atoms with E-state index in [1.165, 1.54) is 10.7 Å². The molecule has 0 aliphatic carbocycles. The normalized spacial score (nSPS) is 12.5. The Morgan fingerprint density at radius 3 is 2.46 bits per heavy atom. The average molecular weight is 442 g/mol. The molecule has 2 N–H and O–H groups in total. The van der Waals surface area contributed by atoms with Gasteiger partial charge < -0.3 is 5.32 Å². The van der Waals surface area contributed by atoms with Gasteiger partial charge in [-0.25, -0.2) is 18.1 Å². The van der Waals surface area contributed by atoms with Gasteiger partial charge in [0.2, 0.25) is 10.0 Å². The lowest BCUT2D eigenvalue weighted by molar-refractivity contribution is 0.491. The molecule has 0 radical (unpaired) electrons. The van der Waals surface area contributed by atoms with Gasteiger partial charge in [0.15, 0.2) is 5.65 Å². The molecule has 2 heterocycles. The van der Waals surface area contributed by atoms with E-state index >= 15 is 0 Å². The third-order valence-electron chi connectivity index (χ3n) is 3.78. The van der Waals surface area contributed by atoms with E-state index in [0.29, 0.717) is 33.7 Å². The Hall–Kier alpha value is -1.87. The number of anilines is 2. The van der Waals surface area contributed by atoms with Crippen molar-refractivity contribution in [1.82, 2.24) is 19.3 Å². The lowest BCUT2D eigenvalue weighted by Gasteiger charge is -2.20. The van der Waals surface area contributed by atoms with Crippen molar-refractivity contribution in [3.8, 4) is 0 Å². The van der Waals surface area contributed by atoms with Crippen LogP contribution in [0.15, 0.2) is 35.4 Å². The summed E-state index contributed by atoms with van der Waals surface area (Å²) < 4.78 is 30.2. The van der Waals surface area contributed by atoms with Crippen LogP contribution in [0.1, 0.15) is 33.4 Å². The van der Waals surface area contributed by atoms with Gasteiger partial charge in [0.25, 0.3) is 0 Å². The van der Waals surface area contributed by atoms with E-state index in [2.05, 4.69) is 20.1 Å². The molecular formula is C18H21Cl2N5O2S. The van der Waals surface area contributed by atoms with Gasteiger partial charge in [-0.1, -0.05) is 30.1 Å². The first-order valence-corrected chi connectivity index (χ1v) is 10.9. The molecule has 0 fully saturated rings. The van der Waals surface area contributed by atoms with Crippen LogP contribution in [-0.4, -0.2) is 28.6 Å². The van der Waals surface area contributed by atoms with E-state index < -0.39 is 15.6 Å². The van der Waals surface area contributed by atoms with Crippen LogP contribution in [0.2, 0.25) is 10.0 Å². The highest BCUT2D eigenvalue weighted by atomic mass is 35.5. The molecule has 0 amide bonds. The first kappa shape index (κ1) is 20.9. The second kappa shape index (κ2) is 7.51. The van der Waals surface area contributed by atoms with Crippen LogP contribution in [0, 0.1) is 0 Å². The van der Waals surface area contributed by atoms with Crippen molar-refractivity contribution in [1.29, 1.82) is 0 Å². The van der Waals surface area contributed by atoms with Crippen LogP contribution in [0.5, 0.6) is 0 Å². The summed E-state index contributed by atoms with van der Waals surface area (Å²) in [5.74, 6) is 0.551. The van der Waals surface area contributed by atoms with E-state index in [4.69, 9.17) is 23.2 Å². The molecule has 28 heavy (non-hydrogen) atoms. The zero-order chi connectivity index (χ0) is 20.7. The van der Waals surface area contributed by atoms with Crippen molar-refractivity contribution >= 4 is 50.4 Å². The van der Waals surface area contributed by atoms with E-state index in [1.807, 2.05) is 6.92 Å². The predicted octanol–water partition coefficient (Wildman–Crippen LogP) is 4.42. The fourth-order valence-corrected chi connectivity index (χ4v) is 4.83. The Balaban J connectivity index is 2.13. The summed E-state index contributed by atoms with van der Waals surface area (Å²) in [6.07, 6.45) is 1.97. The third-order valence-corrected chi connectivity index (χ3v) is 6.36. The number of halogens is 2. The van der Waals surface area contributed by atoms with Gasteiger partial charge >= 0.3 is 0 Å². The molecule has 0 aliphatic rings. The summed E-state index contributed by atoms with van der Waals surface area (Å²) >= 11 is 12.0. The second-order valence-electron chi connectivity index (χ2n) is 7.30. The molecule has 0 spiro atoms. The van der Waals surface area contributed by atoms with Crippen LogP contribution in [0.25, 0.3) is 5.65 Å². The molecule has 0 atom stereocenters. The highest BCUT2D eigenvalue weighted by Crippen LogP contribution is 2.29. The van der Waals surface area contributed by atoms with Crippen LogP contribution >= 0.6 is 23.2 Å². The summed E-state index contributed by atoms with van der Waals surface area (Å²) in [6.45, 7) is 7.20. The van der Waals surface area contributed by atoms with Gasteiger partial charge in [-0.3, -0.25) is 0 Å². The van der Waals surface area contributed by atoms with Gasteiger partial charge in [0, 0.05) is 17.4 Å². The summed E-state index contributed by atoms with van der Waals surface area (Å²) in [4.78, 5) is 4.36. The molecule has 3 aromatic rings. The summed E-state index contributed by atoms with van der Waals surface area (Å²) in [6, 6.07) is 6.83. The lowest BCUT2D eigenvalue weighted by Crippen LogP contribution is -2.40. The monoisotopic (exact) mass is 441 g/mol. The number of aryl methyl sites for hydroxylation is 1.